The normalized spacial score (nSPS) is 33.4. The molecule has 2 aromatic rings. The van der Waals surface area contributed by atoms with Crippen LogP contribution in [0.25, 0.3) is 11.0 Å². The first-order valence-corrected chi connectivity index (χ1v) is 11.1. The number of hydrogen-bond acceptors (Lipinski definition) is 8. The zero-order valence-corrected chi connectivity index (χ0v) is 17.3. The van der Waals surface area contributed by atoms with Gasteiger partial charge in [-0.25, -0.2) is 4.63 Å². The van der Waals surface area contributed by atoms with Gasteiger partial charge in [0.2, 0.25) is 5.52 Å². The molecular weight excluding hydrogens is 384 g/mol. The molecule has 0 unspecified atom stereocenters. The lowest BCUT2D eigenvalue weighted by Gasteiger charge is -2.57. The molecule has 1 aliphatic heterocycles. The quantitative estimate of drug-likeness (QED) is 0.603. The molecule has 1 aromatic heterocycles. The average Bonchev–Trinajstić information content (AvgIpc) is 3.16. The maximum absolute atomic E-state index is 12.0. The van der Waals surface area contributed by atoms with Crippen molar-refractivity contribution in [3.05, 3.63) is 16.2 Å². The van der Waals surface area contributed by atoms with Crippen LogP contribution in [0.2, 0.25) is 0 Å². The number of nitrogens with zero attached hydrogens (tertiary/aromatic N) is 5. The molecule has 0 radical (unpaired) electrons. The van der Waals surface area contributed by atoms with Crippen LogP contribution < -0.4 is 10.2 Å². The summed E-state index contributed by atoms with van der Waals surface area (Å²) in [6.45, 7) is 3.27. The van der Waals surface area contributed by atoms with Crippen LogP contribution in [0.1, 0.15) is 38.5 Å². The van der Waals surface area contributed by atoms with Crippen LogP contribution in [0.5, 0.6) is 0 Å². The third-order valence-electron chi connectivity index (χ3n) is 7.96. The minimum absolute atomic E-state index is 0.00636. The Morgan fingerprint density at radius 3 is 2.27 bits per heavy atom. The zero-order chi connectivity index (χ0) is 20.5. The predicted molar refractivity (Wildman–Crippen MR) is 113 cm³/mol. The number of aromatic nitrogens is 2. The Bertz CT molecular complexity index is 961. The molecular formula is C21H28N6O3. The number of nitro benzene ring substituents is 1. The lowest BCUT2D eigenvalue weighted by Crippen LogP contribution is -2.54. The number of rotatable bonds is 4. The van der Waals surface area contributed by atoms with Gasteiger partial charge in [-0.1, -0.05) is 0 Å². The van der Waals surface area contributed by atoms with Crippen molar-refractivity contribution in [2.24, 2.45) is 17.8 Å². The second-order valence-corrected chi connectivity index (χ2v) is 10.1. The largest absolute Gasteiger partial charge is 0.378 e. The fraction of sp³-hybridized carbons (Fsp3) is 0.714. The van der Waals surface area contributed by atoms with E-state index in [1.807, 2.05) is 6.07 Å². The van der Waals surface area contributed by atoms with Gasteiger partial charge in [-0.3, -0.25) is 10.1 Å². The first kappa shape index (κ1) is 18.4. The number of likely N-dealkylation sites (N-methyl/N-ethyl adjacent to an activating group) is 1. The summed E-state index contributed by atoms with van der Waals surface area (Å²) in [7, 11) is 2.08. The number of nitro groups is 1. The highest BCUT2D eigenvalue weighted by molar-refractivity contribution is 6.00. The minimum atomic E-state index is -0.339. The van der Waals surface area contributed by atoms with E-state index in [0.29, 0.717) is 11.2 Å². The summed E-state index contributed by atoms with van der Waals surface area (Å²) < 4.78 is 5.01. The Labute approximate surface area is 174 Å². The van der Waals surface area contributed by atoms with Gasteiger partial charge in [0, 0.05) is 31.7 Å². The van der Waals surface area contributed by atoms with Crippen LogP contribution in [-0.4, -0.2) is 58.9 Å². The van der Waals surface area contributed by atoms with Crippen molar-refractivity contribution in [2.75, 3.05) is 43.4 Å². The van der Waals surface area contributed by atoms with Gasteiger partial charge in [0.05, 0.1) is 10.6 Å². The predicted octanol–water partition coefficient (Wildman–Crippen LogP) is 3.26. The second kappa shape index (κ2) is 6.54. The number of benzene rings is 1. The van der Waals surface area contributed by atoms with E-state index in [0.717, 1.165) is 49.6 Å². The first-order chi connectivity index (χ1) is 14.5. The Hall–Kier alpha value is -2.42. The fourth-order valence-electron chi connectivity index (χ4n) is 7.03. The molecule has 1 saturated heterocycles. The summed E-state index contributed by atoms with van der Waals surface area (Å²) >= 11 is 0. The summed E-state index contributed by atoms with van der Waals surface area (Å²) in [5, 5.41) is 23.9. The molecule has 1 aromatic carbocycles. The number of piperazine rings is 1. The maximum atomic E-state index is 12.0. The van der Waals surface area contributed by atoms with E-state index in [1.165, 1.54) is 38.5 Å². The Morgan fingerprint density at radius 2 is 1.67 bits per heavy atom. The lowest BCUT2D eigenvalue weighted by molar-refractivity contribution is -0.382. The highest BCUT2D eigenvalue weighted by Gasteiger charge is 2.51. The summed E-state index contributed by atoms with van der Waals surface area (Å²) in [4.78, 5) is 16.0. The average molecular weight is 412 g/mol. The lowest BCUT2D eigenvalue weighted by atomic mass is 9.53. The molecule has 160 valence electrons. The van der Waals surface area contributed by atoms with Crippen LogP contribution in [-0.2, 0) is 0 Å². The zero-order valence-electron chi connectivity index (χ0n) is 17.3. The van der Waals surface area contributed by atoms with Gasteiger partial charge < -0.3 is 15.1 Å². The molecule has 4 bridgehead atoms. The van der Waals surface area contributed by atoms with Crippen molar-refractivity contribution in [3.8, 4) is 0 Å². The smallest absolute Gasteiger partial charge is 0.323 e. The highest BCUT2D eigenvalue weighted by Crippen LogP contribution is 2.57. The van der Waals surface area contributed by atoms with Crippen molar-refractivity contribution < 1.29 is 9.55 Å². The van der Waals surface area contributed by atoms with Gasteiger partial charge in [-0.15, -0.1) is 0 Å². The third-order valence-corrected chi connectivity index (χ3v) is 7.96. The van der Waals surface area contributed by atoms with E-state index in [9.17, 15) is 10.1 Å². The van der Waals surface area contributed by atoms with Crippen molar-refractivity contribution in [1.29, 1.82) is 0 Å². The topological polar surface area (TPSA) is 101 Å². The number of anilines is 2. The van der Waals surface area contributed by atoms with Crippen LogP contribution in [0.4, 0.5) is 17.1 Å². The summed E-state index contributed by atoms with van der Waals surface area (Å²) in [5.74, 6) is 2.43. The van der Waals surface area contributed by atoms with Crippen molar-refractivity contribution in [2.45, 2.75) is 44.1 Å². The monoisotopic (exact) mass is 412 g/mol. The molecule has 1 N–H and O–H groups in total. The van der Waals surface area contributed by atoms with Crippen molar-refractivity contribution in [3.63, 3.8) is 0 Å². The van der Waals surface area contributed by atoms with E-state index in [-0.39, 0.29) is 21.7 Å². The molecule has 0 atom stereocenters. The third kappa shape index (κ3) is 2.85. The summed E-state index contributed by atoms with van der Waals surface area (Å²) in [6.07, 6.45) is 7.67. The molecule has 0 amide bonds. The fourth-order valence-corrected chi connectivity index (χ4v) is 7.03. The molecule has 2 heterocycles. The highest BCUT2D eigenvalue weighted by atomic mass is 16.6. The Morgan fingerprint density at radius 1 is 1.07 bits per heavy atom. The molecule has 7 rings (SSSR count). The number of hydrogen-bond donors (Lipinski definition) is 1. The van der Waals surface area contributed by atoms with Gasteiger partial charge in [-0.2, -0.15) is 0 Å². The Balaban J connectivity index is 1.42. The first-order valence-electron chi connectivity index (χ1n) is 11.1. The standard InChI is InChI=1S/C21H28N6O3/c1-25-2-4-26(5-3-25)17-9-16(18-19(24-30-23-18)20(17)27(28)29)22-21-10-13-6-14(11-21)8-15(7-13)12-21/h9,13-15,22H,2-8,10-12H2,1H3. The van der Waals surface area contributed by atoms with Gasteiger partial charge >= 0.3 is 5.69 Å². The molecule has 4 saturated carbocycles. The Kier molecular flexibility index (Phi) is 4.00. The molecule has 5 fully saturated rings. The number of fused-ring (bicyclic) bond motifs is 1. The summed E-state index contributed by atoms with van der Waals surface area (Å²) in [6, 6.07) is 1.94. The van der Waals surface area contributed by atoms with E-state index < -0.39 is 0 Å². The van der Waals surface area contributed by atoms with Crippen molar-refractivity contribution in [1.82, 2.24) is 15.2 Å². The molecule has 9 heteroatoms. The van der Waals surface area contributed by atoms with Gasteiger partial charge in [0.15, 0.2) is 5.52 Å². The summed E-state index contributed by atoms with van der Waals surface area (Å²) in [5.41, 5.74) is 2.29. The minimum Gasteiger partial charge on any atom is -0.378 e. The van der Waals surface area contributed by atoms with E-state index in [1.54, 1.807) is 0 Å². The van der Waals surface area contributed by atoms with Crippen LogP contribution >= 0.6 is 0 Å². The van der Waals surface area contributed by atoms with Gasteiger partial charge in [-0.05, 0) is 79.7 Å². The van der Waals surface area contributed by atoms with Gasteiger partial charge in [0.1, 0.15) is 5.69 Å². The van der Waals surface area contributed by atoms with E-state index >= 15 is 0 Å². The van der Waals surface area contributed by atoms with E-state index in [2.05, 4.69) is 32.5 Å². The van der Waals surface area contributed by atoms with Crippen molar-refractivity contribution >= 4 is 28.1 Å². The maximum Gasteiger partial charge on any atom is 0.323 e. The molecule has 4 aliphatic carbocycles. The van der Waals surface area contributed by atoms with Crippen LogP contribution in [0.15, 0.2) is 10.7 Å². The molecule has 0 spiro atoms. The van der Waals surface area contributed by atoms with E-state index in [4.69, 9.17) is 4.63 Å². The number of nitrogens with one attached hydrogen (secondary N) is 1. The SMILES string of the molecule is CN1CCN(c2cc(NC34CC5CC(CC(C5)C3)C4)c3nonc3c2[N+](=O)[O-])CC1. The van der Waals surface area contributed by atoms with Gasteiger partial charge in [0.25, 0.3) is 0 Å². The second-order valence-electron chi connectivity index (χ2n) is 10.1. The molecule has 30 heavy (non-hydrogen) atoms. The van der Waals surface area contributed by atoms with Crippen LogP contribution in [0.3, 0.4) is 0 Å². The molecule has 9 nitrogen and oxygen atoms in total. The van der Waals surface area contributed by atoms with Crippen LogP contribution in [0, 0.1) is 27.9 Å². The molecule has 5 aliphatic rings.